The van der Waals surface area contributed by atoms with Crippen LogP contribution in [-0.2, 0) is 16.0 Å². The minimum absolute atomic E-state index is 0.0647. The van der Waals surface area contributed by atoms with Crippen LogP contribution in [0.25, 0.3) is 11.8 Å². The smallest absolute Gasteiger partial charge is 0.370 e. The quantitative estimate of drug-likeness (QED) is 0.0969. The summed E-state index contributed by atoms with van der Waals surface area (Å²) in [7, 11) is -2.70. The number of rotatable bonds is 11. The van der Waals surface area contributed by atoms with Gasteiger partial charge in [-0.1, -0.05) is 19.1 Å². The van der Waals surface area contributed by atoms with E-state index in [4.69, 9.17) is 30.7 Å². The molecule has 4 atom stereocenters. The lowest BCUT2D eigenvalue weighted by Gasteiger charge is -2.61. The van der Waals surface area contributed by atoms with Gasteiger partial charge < -0.3 is 55.5 Å². The zero-order valence-electron chi connectivity index (χ0n) is 37.2. The first-order valence-electron chi connectivity index (χ1n) is 22.9. The zero-order valence-corrected chi connectivity index (χ0v) is 38.1. The summed E-state index contributed by atoms with van der Waals surface area (Å²) in [5.41, 5.74) is 17.7. The summed E-state index contributed by atoms with van der Waals surface area (Å²) in [6.45, 7) is 12.6. The van der Waals surface area contributed by atoms with Gasteiger partial charge in [-0.25, -0.2) is 14.8 Å². The highest BCUT2D eigenvalue weighted by Crippen LogP contribution is 2.51. The molecule has 1 saturated carbocycles. The first kappa shape index (κ1) is 44.6. The largest absolute Gasteiger partial charge is 0.433 e. The van der Waals surface area contributed by atoms with E-state index in [0.717, 1.165) is 106 Å². The number of aromatic amines is 1. The molecule has 0 radical (unpaired) electrons. The third kappa shape index (κ3) is 8.65. The highest BCUT2D eigenvalue weighted by Gasteiger charge is 2.56. The van der Waals surface area contributed by atoms with Gasteiger partial charge in [-0.05, 0) is 108 Å². The number of ether oxygens (including phenoxy) is 1. The van der Waals surface area contributed by atoms with Gasteiger partial charge in [-0.15, -0.1) is 0 Å². The molecule has 3 amide bonds. The highest BCUT2D eigenvalue weighted by atomic mass is 31.2. The van der Waals surface area contributed by atoms with Gasteiger partial charge in [0.2, 0.25) is 11.9 Å². The summed E-state index contributed by atoms with van der Waals surface area (Å²) in [6.07, 6.45) is 14.3. The number of nitrogen functional groups attached to an aromatic ring is 1. The molecule has 5 aliphatic heterocycles. The molecule has 9 N–H and O–H groups in total. The van der Waals surface area contributed by atoms with Gasteiger partial charge >= 0.3 is 14.6 Å². The van der Waals surface area contributed by atoms with Gasteiger partial charge in [0, 0.05) is 114 Å². The molecule has 9 rings (SSSR count). The van der Waals surface area contributed by atoms with Gasteiger partial charge in [0.15, 0.2) is 0 Å². The van der Waals surface area contributed by atoms with Crippen molar-refractivity contribution in [2.24, 2.45) is 16.6 Å². The molecule has 2 aromatic heterocycles. The minimum Gasteiger partial charge on any atom is -0.433 e. The number of fused-ring (bicyclic) bond motifs is 1. The number of piperidine rings is 1. The summed E-state index contributed by atoms with van der Waals surface area (Å²) < 4.78 is 11.0. The van der Waals surface area contributed by atoms with E-state index in [1.54, 1.807) is 30.3 Å². The fraction of sp³-hybridized carbons (Fsp3) is 0.600. The third-order valence-electron chi connectivity index (χ3n) is 15.3. The lowest BCUT2D eigenvalue weighted by molar-refractivity contribution is -0.235. The fourth-order valence-electron chi connectivity index (χ4n) is 11.4. The number of amides is 3. The number of anilines is 2. The predicted molar refractivity (Wildman–Crippen MR) is 242 cm³/mol. The molecule has 6 aliphatic rings. The molecule has 346 valence electrons. The number of carbonyl (C=O) groups excluding carboxylic acids is 2. The molecule has 4 saturated heterocycles. The van der Waals surface area contributed by atoms with Crippen molar-refractivity contribution < 1.29 is 34.2 Å². The van der Waals surface area contributed by atoms with Crippen molar-refractivity contribution in [2.75, 3.05) is 63.1 Å². The number of H-pyrrole nitrogens is 1. The number of nitrogens with zero attached hydrogens (tertiary/aromatic N) is 7. The van der Waals surface area contributed by atoms with E-state index in [9.17, 15) is 24.9 Å². The van der Waals surface area contributed by atoms with Crippen LogP contribution in [-0.4, -0.2) is 133 Å². The lowest BCUT2D eigenvalue weighted by Crippen LogP contribution is -2.70. The molecule has 1 aromatic carbocycles. The number of hydrogen-bond acceptors (Lipinski definition) is 14. The normalized spacial score (nSPS) is 24.9. The van der Waals surface area contributed by atoms with E-state index in [2.05, 4.69) is 40.9 Å². The van der Waals surface area contributed by atoms with Crippen LogP contribution in [0.2, 0.25) is 0 Å². The topological polar surface area (TPSA) is 235 Å². The van der Waals surface area contributed by atoms with Crippen molar-refractivity contribution in [1.82, 2.24) is 40.0 Å². The number of urea groups is 1. The molecule has 3 aromatic rings. The van der Waals surface area contributed by atoms with Gasteiger partial charge in [-0.3, -0.25) is 15.2 Å². The predicted octanol–water partition coefficient (Wildman–Crippen LogP) is 5.20. The second-order valence-corrected chi connectivity index (χ2v) is 20.4. The Hall–Kier alpha value is -4.55. The molecule has 18 nitrogen and oxygen atoms in total. The SMILES string of the molecule is CC1CCCN1C(=O)C(NC(=O)N1CC2(CC(N3CCC(c4cnc(N5CCc6[nH]c(N)c(/C=C(\N)c7ccccc7OP(O)N(O)O)c6C5C)nc4)CC3)C2)C1)C1(C)CCOCC1. The highest BCUT2D eigenvalue weighted by molar-refractivity contribution is 7.43. The average Bonchev–Trinajstić information content (AvgIpc) is 3.84. The van der Waals surface area contributed by atoms with Crippen LogP contribution in [0.5, 0.6) is 5.75 Å². The number of benzene rings is 1. The van der Waals surface area contributed by atoms with Crippen molar-refractivity contribution >= 4 is 44.0 Å². The van der Waals surface area contributed by atoms with E-state index in [0.29, 0.717) is 61.2 Å². The second kappa shape index (κ2) is 18.0. The van der Waals surface area contributed by atoms with E-state index in [1.807, 2.05) is 22.2 Å². The van der Waals surface area contributed by atoms with Crippen LogP contribution in [0.3, 0.4) is 0 Å². The Balaban J connectivity index is 0.769. The van der Waals surface area contributed by atoms with Crippen molar-refractivity contribution in [3.63, 3.8) is 0 Å². The molecule has 5 fully saturated rings. The first-order chi connectivity index (χ1) is 30.7. The van der Waals surface area contributed by atoms with Crippen molar-refractivity contribution in [3.8, 4) is 5.75 Å². The van der Waals surface area contributed by atoms with Crippen molar-refractivity contribution in [2.45, 2.75) is 109 Å². The number of likely N-dealkylation sites (tertiary alicyclic amines) is 3. The maximum absolute atomic E-state index is 13.9. The third-order valence-corrected chi connectivity index (χ3v) is 16.0. The number of nitrogens with two attached hydrogens (primary N) is 2. The zero-order chi connectivity index (χ0) is 44.9. The van der Waals surface area contributed by atoms with Crippen LogP contribution >= 0.6 is 8.53 Å². The summed E-state index contributed by atoms with van der Waals surface area (Å²) in [4.78, 5) is 59.0. The molecule has 0 bridgehead atoms. The lowest BCUT2D eigenvalue weighted by atomic mass is 9.60. The number of aromatic nitrogens is 3. The van der Waals surface area contributed by atoms with Gasteiger partial charge in [-0.2, -0.15) is 0 Å². The number of para-hydroxylation sites is 1. The Bertz CT molecular complexity index is 2200. The Kier molecular flexibility index (Phi) is 12.6. The van der Waals surface area contributed by atoms with Crippen LogP contribution in [0.4, 0.5) is 16.6 Å². The van der Waals surface area contributed by atoms with Gasteiger partial charge in [0.1, 0.15) is 17.6 Å². The number of carbonyl (C=O) groups is 2. The average molecular weight is 902 g/mol. The summed E-state index contributed by atoms with van der Waals surface area (Å²) in [5.74, 6) is 1.76. The van der Waals surface area contributed by atoms with Crippen LogP contribution in [0.15, 0.2) is 36.7 Å². The number of nitrogens with one attached hydrogen (secondary N) is 2. The monoisotopic (exact) mass is 901 g/mol. The Morgan fingerprint density at radius 1 is 1.06 bits per heavy atom. The standard InChI is InChI=1S/C45H64N11O7P/c1-28-7-6-15-54(28)41(57)39(44(3)13-19-62-20-14-44)51-43(58)53-26-45(27-53)22-32(23-45)52-16-10-30(11-17-52)31-24-48-42(49-25-31)55-18-12-36-38(29(55)2)34(40(47)50-36)21-35(46)33-8-4-5-9-37(33)63-64(61)56(59)60/h4-5,8-9,21,24-25,28-30,32,39,50,59-61H,6-7,10-20,22-23,26-27,46-47H2,1-3H3,(H,51,58)/b35-21-. The Labute approximate surface area is 375 Å². The maximum atomic E-state index is 13.9. The molecule has 1 spiro atoms. The maximum Gasteiger partial charge on any atom is 0.370 e. The van der Waals surface area contributed by atoms with Crippen molar-refractivity contribution in [3.05, 3.63) is 64.6 Å². The second-order valence-electron chi connectivity index (χ2n) is 19.4. The Morgan fingerprint density at radius 2 is 1.77 bits per heavy atom. The van der Waals surface area contributed by atoms with Crippen LogP contribution in [0.1, 0.15) is 112 Å². The molecule has 1 aliphatic carbocycles. The molecular weight excluding hydrogens is 838 g/mol. The van der Waals surface area contributed by atoms with E-state index in [-0.39, 0.29) is 45.6 Å². The Morgan fingerprint density at radius 3 is 2.44 bits per heavy atom. The van der Waals surface area contributed by atoms with E-state index < -0.39 is 14.6 Å². The molecule has 4 unspecified atom stereocenters. The van der Waals surface area contributed by atoms with Crippen LogP contribution < -0.4 is 26.2 Å². The van der Waals surface area contributed by atoms with Gasteiger partial charge in [0.25, 0.3) is 0 Å². The first-order valence-corrected chi connectivity index (χ1v) is 24.1. The molecule has 7 heterocycles. The van der Waals surface area contributed by atoms with Crippen molar-refractivity contribution in [1.29, 1.82) is 0 Å². The summed E-state index contributed by atoms with van der Waals surface area (Å²) in [5, 5.41) is 21.7. The van der Waals surface area contributed by atoms with E-state index in [1.165, 1.54) is 0 Å². The van der Waals surface area contributed by atoms with E-state index >= 15 is 0 Å². The summed E-state index contributed by atoms with van der Waals surface area (Å²) >= 11 is 0. The minimum atomic E-state index is -2.70. The summed E-state index contributed by atoms with van der Waals surface area (Å²) in [6, 6.07) is 6.74. The van der Waals surface area contributed by atoms with Crippen LogP contribution in [0, 0.1) is 10.8 Å². The fourth-order valence-corrected chi connectivity index (χ4v) is 11.8. The molecule has 64 heavy (non-hydrogen) atoms. The molecule has 19 heteroatoms. The number of hydrogen-bond donors (Lipinski definition) is 7. The molecular formula is C45H64N11O7P. The van der Waals surface area contributed by atoms with Gasteiger partial charge in [0.05, 0.1) is 6.04 Å².